The Bertz CT molecular complexity index is 211. The third-order valence-corrected chi connectivity index (χ3v) is 0.828. The van der Waals surface area contributed by atoms with Gasteiger partial charge in [0.05, 0.1) is 6.61 Å². The molecule has 0 amide bonds. The number of carbonyl (C=O) groups excluding carboxylic acids is 1. The molecule has 0 atom stereocenters. The van der Waals surface area contributed by atoms with Gasteiger partial charge in [-0.25, -0.2) is 10.3 Å². The lowest BCUT2D eigenvalue weighted by Crippen LogP contribution is -2.23. The summed E-state index contributed by atoms with van der Waals surface area (Å²) in [6.45, 7) is 1.74. The maximum atomic E-state index is 10.6. The molecule has 0 saturated heterocycles. The Labute approximate surface area is 63.1 Å². The summed E-state index contributed by atoms with van der Waals surface area (Å²) in [6, 6.07) is 0. The van der Waals surface area contributed by atoms with Crippen molar-refractivity contribution in [2.24, 2.45) is 5.11 Å². The highest BCUT2D eigenvalue weighted by Gasteiger charge is 2.14. The molecule has 0 unspecified atom stereocenters. The first-order valence-electron chi connectivity index (χ1n) is 2.85. The Morgan fingerprint density at radius 2 is 2.09 bits per heavy atom. The molecule has 6 nitrogen and oxygen atoms in total. The van der Waals surface area contributed by atoms with Crippen LogP contribution in [0.3, 0.4) is 0 Å². The lowest BCUT2D eigenvalue weighted by molar-refractivity contribution is -0.134. The molecule has 0 fully saturated rings. The topological polar surface area (TPSA) is 110 Å². The quantitative estimate of drug-likeness (QED) is 0.240. The predicted octanol–water partition coefficient (Wildman–Crippen LogP) is 0.578. The molecule has 0 aromatic carbocycles. The summed E-state index contributed by atoms with van der Waals surface area (Å²) in [7, 11) is 0. The summed E-state index contributed by atoms with van der Waals surface area (Å²) < 4.78 is 4.38. The van der Waals surface area contributed by atoms with E-state index in [4.69, 9.17) is 16.3 Å². The van der Waals surface area contributed by atoms with Crippen LogP contribution in [-0.4, -0.2) is 24.1 Å². The Morgan fingerprint density at radius 3 is 2.45 bits per heavy atom. The molecule has 0 aromatic heterocycles. The van der Waals surface area contributed by atoms with Crippen molar-refractivity contribution >= 4 is 17.5 Å². The summed E-state index contributed by atoms with van der Waals surface area (Å²) in [5.74, 6) is -1.61. The maximum Gasteiger partial charge on any atom is 0.360 e. The molecule has 0 rings (SSSR count). The van der Waals surface area contributed by atoms with Crippen molar-refractivity contribution in [3.63, 3.8) is 0 Å². The number of ether oxygens (including phenoxy) is 1. The van der Waals surface area contributed by atoms with Crippen molar-refractivity contribution in [2.75, 3.05) is 6.61 Å². The smallest absolute Gasteiger partial charge is 0.360 e. The van der Waals surface area contributed by atoms with Gasteiger partial charge in [0.2, 0.25) is 0 Å². The number of hydrogen-bond donors (Lipinski definition) is 3. The molecule has 0 aliphatic heterocycles. The molecule has 3 N–H and O–H groups in total. The van der Waals surface area contributed by atoms with Crippen molar-refractivity contribution in [1.82, 2.24) is 0 Å². The molecule has 0 aliphatic carbocycles. The standard InChI is InChI=1S/C5H8N4O2/c1-2-11-5(10)3(6)4(7)9-8/h6-8H,2H2,1H3. The summed E-state index contributed by atoms with van der Waals surface area (Å²) in [5.41, 5.74) is 5.62. The fourth-order valence-corrected chi connectivity index (χ4v) is 0.356. The van der Waals surface area contributed by atoms with E-state index in [1.165, 1.54) is 0 Å². The van der Waals surface area contributed by atoms with Crippen LogP contribution in [0.1, 0.15) is 6.92 Å². The molecule has 0 saturated carbocycles. The van der Waals surface area contributed by atoms with E-state index in [1.807, 2.05) is 0 Å². The second-order valence-electron chi connectivity index (χ2n) is 1.56. The number of amidine groups is 1. The van der Waals surface area contributed by atoms with Crippen LogP contribution >= 0.6 is 0 Å². The van der Waals surface area contributed by atoms with E-state index in [9.17, 15) is 4.79 Å². The van der Waals surface area contributed by atoms with Gasteiger partial charge in [-0.2, -0.15) is 0 Å². The second-order valence-corrected chi connectivity index (χ2v) is 1.56. The van der Waals surface area contributed by atoms with Gasteiger partial charge >= 0.3 is 5.97 Å². The average Bonchev–Trinajstić information content (AvgIpc) is 2.02. The number of rotatable bonds is 3. The number of nitrogens with zero attached hydrogens (tertiary/aromatic N) is 1. The van der Waals surface area contributed by atoms with Gasteiger partial charge in [0.15, 0.2) is 11.5 Å². The number of carbonyl (C=O) groups is 1. The zero-order chi connectivity index (χ0) is 8.85. The molecule has 0 spiro atoms. The summed E-state index contributed by atoms with van der Waals surface area (Å²) in [6.07, 6.45) is 0. The summed E-state index contributed by atoms with van der Waals surface area (Å²) in [5, 5.41) is 16.3. The third-order valence-electron chi connectivity index (χ3n) is 0.828. The van der Waals surface area contributed by atoms with E-state index in [0.717, 1.165) is 0 Å². The SMILES string of the molecule is CCOC(=O)C(=N)C(=N)N=N. The normalized spacial score (nSPS) is 8.45. The van der Waals surface area contributed by atoms with Crippen LogP contribution in [0.2, 0.25) is 0 Å². The molecular weight excluding hydrogens is 148 g/mol. The highest BCUT2D eigenvalue weighted by atomic mass is 16.5. The van der Waals surface area contributed by atoms with Crippen LogP contribution in [0.15, 0.2) is 5.11 Å². The van der Waals surface area contributed by atoms with Gasteiger partial charge in [-0.05, 0) is 6.92 Å². The predicted molar refractivity (Wildman–Crippen MR) is 37.2 cm³/mol. The summed E-state index contributed by atoms with van der Waals surface area (Å²) in [4.78, 5) is 10.6. The minimum atomic E-state index is -0.923. The van der Waals surface area contributed by atoms with Crippen molar-refractivity contribution in [2.45, 2.75) is 6.92 Å². The fourth-order valence-electron chi connectivity index (χ4n) is 0.356. The molecule has 0 bridgehead atoms. The lowest BCUT2D eigenvalue weighted by Gasteiger charge is -1.98. The monoisotopic (exact) mass is 156 g/mol. The van der Waals surface area contributed by atoms with Crippen molar-refractivity contribution in [3.8, 4) is 0 Å². The van der Waals surface area contributed by atoms with Crippen LogP contribution < -0.4 is 0 Å². The number of hydrogen-bond acceptors (Lipinski definition) is 5. The lowest BCUT2D eigenvalue weighted by atomic mass is 10.3. The van der Waals surface area contributed by atoms with Crippen molar-refractivity contribution < 1.29 is 9.53 Å². The fraction of sp³-hybridized carbons (Fsp3) is 0.400. The highest BCUT2D eigenvalue weighted by Crippen LogP contribution is 1.85. The maximum absolute atomic E-state index is 10.6. The van der Waals surface area contributed by atoms with Gasteiger partial charge in [-0.15, -0.1) is 5.11 Å². The van der Waals surface area contributed by atoms with Gasteiger partial charge in [0.25, 0.3) is 0 Å². The van der Waals surface area contributed by atoms with Crippen LogP contribution in [0, 0.1) is 16.3 Å². The van der Waals surface area contributed by atoms with Crippen molar-refractivity contribution in [3.05, 3.63) is 0 Å². The van der Waals surface area contributed by atoms with Gasteiger partial charge < -0.3 is 4.74 Å². The average molecular weight is 156 g/mol. The Morgan fingerprint density at radius 1 is 1.55 bits per heavy atom. The third kappa shape index (κ3) is 2.65. The van der Waals surface area contributed by atoms with Crippen LogP contribution in [-0.2, 0) is 9.53 Å². The highest BCUT2D eigenvalue weighted by molar-refractivity contribution is 6.63. The number of esters is 1. The molecule has 0 aromatic rings. The van der Waals surface area contributed by atoms with Crippen molar-refractivity contribution in [1.29, 1.82) is 16.3 Å². The zero-order valence-corrected chi connectivity index (χ0v) is 5.97. The van der Waals surface area contributed by atoms with Gasteiger partial charge in [0.1, 0.15) is 0 Å². The van der Waals surface area contributed by atoms with Crippen LogP contribution in [0.4, 0.5) is 0 Å². The second kappa shape index (κ2) is 4.26. The first kappa shape index (κ1) is 9.41. The largest absolute Gasteiger partial charge is 0.461 e. The van der Waals surface area contributed by atoms with Gasteiger partial charge in [0, 0.05) is 0 Å². The molecule has 0 aliphatic rings. The minimum absolute atomic E-state index is 0.145. The molecular formula is C5H8N4O2. The zero-order valence-electron chi connectivity index (χ0n) is 5.97. The van der Waals surface area contributed by atoms with E-state index >= 15 is 0 Å². The van der Waals surface area contributed by atoms with Crippen LogP contribution in [0.5, 0.6) is 0 Å². The Balaban J connectivity index is 4.13. The van der Waals surface area contributed by atoms with Gasteiger partial charge in [-0.3, -0.25) is 10.8 Å². The van der Waals surface area contributed by atoms with Crippen LogP contribution in [0.25, 0.3) is 0 Å². The van der Waals surface area contributed by atoms with E-state index in [-0.39, 0.29) is 6.61 Å². The summed E-state index contributed by atoms with van der Waals surface area (Å²) >= 11 is 0. The Kier molecular flexibility index (Phi) is 3.65. The molecule has 0 radical (unpaired) electrons. The molecule has 0 heterocycles. The number of nitrogens with one attached hydrogen (secondary N) is 3. The molecule has 60 valence electrons. The Hall–Kier alpha value is -1.59. The van der Waals surface area contributed by atoms with E-state index in [2.05, 4.69) is 9.85 Å². The molecule has 11 heavy (non-hydrogen) atoms. The first-order chi connectivity index (χ1) is 5.13. The van der Waals surface area contributed by atoms with E-state index in [0.29, 0.717) is 0 Å². The molecule has 6 heteroatoms. The minimum Gasteiger partial charge on any atom is -0.461 e. The first-order valence-corrected chi connectivity index (χ1v) is 2.85. The van der Waals surface area contributed by atoms with E-state index < -0.39 is 17.5 Å². The van der Waals surface area contributed by atoms with E-state index in [1.54, 1.807) is 6.92 Å². The van der Waals surface area contributed by atoms with Gasteiger partial charge in [-0.1, -0.05) is 0 Å².